The normalized spacial score (nSPS) is 15.1. The third-order valence-corrected chi connectivity index (χ3v) is 5.41. The van der Waals surface area contributed by atoms with Gasteiger partial charge >= 0.3 is 5.97 Å². The summed E-state index contributed by atoms with van der Waals surface area (Å²) in [5, 5.41) is 2.39. The number of carbonyl (C=O) groups is 2. The maximum atomic E-state index is 13.0. The summed E-state index contributed by atoms with van der Waals surface area (Å²) in [6.07, 6.45) is 1.76. The zero-order chi connectivity index (χ0) is 19.9. The predicted molar refractivity (Wildman–Crippen MR) is 114 cm³/mol. The van der Waals surface area contributed by atoms with Crippen LogP contribution in [0.5, 0.6) is 5.75 Å². The highest BCUT2D eigenvalue weighted by Gasteiger charge is 2.32. The van der Waals surface area contributed by atoms with Crippen molar-refractivity contribution in [2.45, 2.75) is 13.8 Å². The van der Waals surface area contributed by atoms with Gasteiger partial charge in [0.15, 0.2) is 5.17 Å². The lowest BCUT2D eigenvalue weighted by Crippen LogP contribution is -2.30. The quantitative estimate of drug-likeness (QED) is 0.500. The number of rotatable bonds is 7. The number of thiophene rings is 1. The van der Waals surface area contributed by atoms with Gasteiger partial charge in [0, 0.05) is 4.88 Å². The Bertz CT molecular complexity index is 889. The minimum absolute atomic E-state index is 0.0831. The highest BCUT2D eigenvalue weighted by atomic mass is 32.2. The number of amides is 1. The number of carbonyl (C=O) groups excluding carboxylic acids is 2. The maximum Gasteiger partial charge on any atom is 0.316 e. The smallest absolute Gasteiger partial charge is 0.316 e. The van der Waals surface area contributed by atoms with Gasteiger partial charge in [0.2, 0.25) is 0 Å². The summed E-state index contributed by atoms with van der Waals surface area (Å²) < 4.78 is 10.4. The Morgan fingerprint density at radius 2 is 2.00 bits per heavy atom. The minimum atomic E-state index is -0.343. The lowest BCUT2D eigenvalue weighted by Gasteiger charge is -2.18. The van der Waals surface area contributed by atoms with Gasteiger partial charge in [-0.3, -0.25) is 14.5 Å². The Labute approximate surface area is 171 Å². The Morgan fingerprint density at radius 1 is 1.21 bits per heavy atom. The number of nitrogens with zero attached hydrogens (tertiary/aromatic N) is 2. The molecule has 1 amide bonds. The van der Waals surface area contributed by atoms with Gasteiger partial charge in [-0.25, -0.2) is 4.99 Å². The molecule has 1 aliphatic rings. The highest BCUT2D eigenvalue weighted by molar-refractivity contribution is 8.14. The van der Waals surface area contributed by atoms with Crippen molar-refractivity contribution in [3.8, 4) is 5.75 Å². The van der Waals surface area contributed by atoms with Crippen LogP contribution in [0.3, 0.4) is 0 Å². The molecule has 0 aliphatic carbocycles. The molecule has 8 heteroatoms. The van der Waals surface area contributed by atoms with Crippen molar-refractivity contribution < 1.29 is 19.1 Å². The topological polar surface area (TPSA) is 68.2 Å². The molecule has 0 unspecified atom stereocenters. The minimum Gasteiger partial charge on any atom is -0.494 e. The van der Waals surface area contributed by atoms with Gasteiger partial charge in [-0.2, -0.15) is 0 Å². The van der Waals surface area contributed by atoms with E-state index in [0.717, 1.165) is 10.6 Å². The van der Waals surface area contributed by atoms with Crippen LogP contribution in [-0.4, -0.2) is 36.0 Å². The van der Waals surface area contributed by atoms with Crippen LogP contribution < -0.4 is 9.64 Å². The summed E-state index contributed by atoms with van der Waals surface area (Å²) in [6.45, 7) is 4.55. The van der Waals surface area contributed by atoms with Crippen LogP contribution in [0.15, 0.2) is 52.5 Å². The fourth-order valence-corrected chi connectivity index (χ4v) is 3.97. The Balaban J connectivity index is 1.87. The van der Waals surface area contributed by atoms with E-state index in [1.54, 1.807) is 37.3 Å². The van der Waals surface area contributed by atoms with E-state index in [-0.39, 0.29) is 17.6 Å². The second kappa shape index (κ2) is 9.57. The summed E-state index contributed by atoms with van der Waals surface area (Å²) in [4.78, 5) is 31.7. The molecule has 1 aromatic carbocycles. The van der Waals surface area contributed by atoms with Gasteiger partial charge in [0.1, 0.15) is 11.4 Å². The fraction of sp³-hybridized carbons (Fsp3) is 0.250. The second-order valence-electron chi connectivity index (χ2n) is 5.60. The molecule has 6 nitrogen and oxygen atoms in total. The van der Waals surface area contributed by atoms with E-state index in [9.17, 15) is 9.59 Å². The lowest BCUT2D eigenvalue weighted by molar-refractivity contribution is -0.139. The van der Waals surface area contributed by atoms with E-state index in [4.69, 9.17) is 9.47 Å². The molecule has 28 heavy (non-hydrogen) atoms. The number of hydrogen-bond acceptors (Lipinski definition) is 7. The number of aliphatic imine (C=N–C) groups is 1. The molecule has 1 aromatic heterocycles. The summed E-state index contributed by atoms with van der Waals surface area (Å²) >= 11 is 2.71. The maximum absolute atomic E-state index is 13.0. The largest absolute Gasteiger partial charge is 0.494 e. The predicted octanol–water partition coefficient (Wildman–Crippen LogP) is 4.19. The molecular formula is C20H20N2O4S2. The number of thioether (sulfide) groups is 1. The van der Waals surface area contributed by atoms with Crippen molar-refractivity contribution >= 4 is 51.9 Å². The summed E-state index contributed by atoms with van der Waals surface area (Å²) in [5.41, 5.74) is 1.00. The van der Waals surface area contributed by atoms with Gasteiger partial charge in [-0.15, -0.1) is 11.3 Å². The molecule has 2 heterocycles. The van der Waals surface area contributed by atoms with Crippen LogP contribution in [0.1, 0.15) is 18.7 Å². The molecule has 0 fully saturated rings. The van der Waals surface area contributed by atoms with Crippen molar-refractivity contribution in [3.05, 3.63) is 52.4 Å². The first-order valence-electron chi connectivity index (χ1n) is 8.82. The third kappa shape index (κ3) is 4.82. The van der Waals surface area contributed by atoms with Crippen molar-refractivity contribution in [3.63, 3.8) is 0 Å². The molecule has 0 atom stereocenters. The molecular weight excluding hydrogens is 396 g/mol. The first kappa shape index (κ1) is 20.2. The number of esters is 1. The standard InChI is InChI=1S/C20H20N2O4S2/c1-3-25-15-9-7-14(8-10-15)22-19(24)17(12-16-6-5-11-27-16)21-20(22)28-13-18(23)26-4-2/h5-12H,3-4,13H2,1-2H3/b17-12-. The van der Waals surface area contributed by atoms with Gasteiger partial charge in [0.25, 0.3) is 5.91 Å². The number of anilines is 1. The summed E-state index contributed by atoms with van der Waals surface area (Å²) in [5.74, 6) is 0.235. The van der Waals surface area contributed by atoms with Crippen LogP contribution in [0, 0.1) is 0 Å². The average Bonchev–Trinajstić information content (AvgIpc) is 3.30. The van der Waals surface area contributed by atoms with E-state index in [1.807, 2.05) is 24.4 Å². The van der Waals surface area contributed by atoms with Crippen LogP contribution in [0.25, 0.3) is 6.08 Å². The lowest BCUT2D eigenvalue weighted by atomic mass is 10.2. The van der Waals surface area contributed by atoms with Crippen LogP contribution in [0.4, 0.5) is 5.69 Å². The fourth-order valence-electron chi connectivity index (χ4n) is 2.51. The molecule has 2 aromatic rings. The second-order valence-corrected chi connectivity index (χ2v) is 7.52. The van der Waals surface area contributed by atoms with Crippen molar-refractivity contribution in [2.24, 2.45) is 4.99 Å². The molecule has 0 N–H and O–H groups in total. The average molecular weight is 417 g/mol. The Kier molecular flexibility index (Phi) is 6.89. The molecule has 0 radical (unpaired) electrons. The Hall–Kier alpha value is -2.58. The van der Waals surface area contributed by atoms with Gasteiger partial charge in [-0.1, -0.05) is 17.8 Å². The SMILES string of the molecule is CCOC(=O)CSC1=N/C(=C\c2cccs2)C(=O)N1c1ccc(OCC)cc1. The summed E-state index contributed by atoms with van der Waals surface area (Å²) in [7, 11) is 0. The van der Waals surface area contributed by atoms with Gasteiger partial charge < -0.3 is 9.47 Å². The molecule has 146 valence electrons. The summed E-state index contributed by atoms with van der Waals surface area (Å²) in [6, 6.07) is 11.1. The first-order valence-corrected chi connectivity index (χ1v) is 10.7. The van der Waals surface area contributed by atoms with E-state index >= 15 is 0 Å². The monoisotopic (exact) mass is 416 g/mol. The number of hydrogen-bond donors (Lipinski definition) is 0. The van der Waals surface area contributed by atoms with E-state index in [2.05, 4.69) is 4.99 Å². The van der Waals surface area contributed by atoms with E-state index in [0.29, 0.717) is 29.8 Å². The highest BCUT2D eigenvalue weighted by Crippen LogP contribution is 2.31. The molecule has 0 spiro atoms. The van der Waals surface area contributed by atoms with Gasteiger partial charge in [0.05, 0.1) is 24.7 Å². The van der Waals surface area contributed by atoms with Crippen molar-refractivity contribution in [1.82, 2.24) is 0 Å². The Morgan fingerprint density at radius 3 is 2.64 bits per heavy atom. The van der Waals surface area contributed by atoms with Crippen LogP contribution >= 0.6 is 23.1 Å². The molecule has 0 saturated heterocycles. The van der Waals surface area contributed by atoms with E-state index < -0.39 is 0 Å². The zero-order valence-corrected chi connectivity index (χ0v) is 17.2. The number of benzene rings is 1. The van der Waals surface area contributed by atoms with E-state index in [1.165, 1.54) is 28.0 Å². The zero-order valence-electron chi connectivity index (χ0n) is 15.6. The third-order valence-electron chi connectivity index (χ3n) is 3.68. The molecule has 1 aliphatic heterocycles. The van der Waals surface area contributed by atoms with Crippen molar-refractivity contribution in [2.75, 3.05) is 23.9 Å². The number of amidine groups is 1. The molecule has 0 saturated carbocycles. The molecule has 3 rings (SSSR count). The number of ether oxygens (including phenoxy) is 2. The van der Waals surface area contributed by atoms with Crippen LogP contribution in [-0.2, 0) is 14.3 Å². The van der Waals surface area contributed by atoms with Crippen LogP contribution in [0.2, 0.25) is 0 Å². The van der Waals surface area contributed by atoms with Gasteiger partial charge in [-0.05, 0) is 55.6 Å². The van der Waals surface area contributed by atoms with Crippen molar-refractivity contribution in [1.29, 1.82) is 0 Å². The molecule has 0 bridgehead atoms. The first-order chi connectivity index (χ1) is 13.6.